The molecule has 16 heavy (non-hydrogen) atoms. The molecule has 1 aliphatic carbocycles. The minimum absolute atomic E-state index is 0.389. The summed E-state index contributed by atoms with van der Waals surface area (Å²) in [5.74, 6) is -1.89. The predicted octanol–water partition coefficient (Wildman–Crippen LogP) is 0.344. The monoisotopic (exact) mass is 270 g/mol. The lowest BCUT2D eigenvalue weighted by Crippen LogP contribution is -2.29. The molecule has 6 nitrogen and oxygen atoms in total. The molecule has 0 heterocycles. The highest BCUT2D eigenvalue weighted by Crippen LogP contribution is 2.27. The lowest BCUT2D eigenvalue weighted by atomic mass is 9.86. The maximum atomic E-state index is 10.7. The zero-order valence-corrected chi connectivity index (χ0v) is 10.1. The van der Waals surface area contributed by atoms with E-state index < -0.39 is 43.6 Å². The maximum Gasteiger partial charge on any atom is 0.265 e. The Morgan fingerprint density at radius 2 is 1.19 bits per heavy atom. The summed E-state index contributed by atoms with van der Waals surface area (Å²) in [5.41, 5.74) is 0. The standard InChI is InChI=1S/C8H14O6S2/c9-15(10,11)5-7-3-1-2-4-8(7)6-16(12,13)14/h1-2,7-8H,3-6H2,(H,9,10,11)(H,12,13,14). The highest BCUT2D eigenvalue weighted by molar-refractivity contribution is 7.86. The summed E-state index contributed by atoms with van der Waals surface area (Å²) in [6.07, 6.45) is 4.27. The molecule has 2 N–H and O–H groups in total. The van der Waals surface area contributed by atoms with E-state index in [1.807, 2.05) is 0 Å². The van der Waals surface area contributed by atoms with Crippen LogP contribution in [0.15, 0.2) is 12.2 Å². The third-order valence-corrected chi connectivity index (χ3v) is 4.26. The van der Waals surface area contributed by atoms with E-state index in [0.717, 1.165) is 0 Å². The Morgan fingerprint density at radius 3 is 1.44 bits per heavy atom. The van der Waals surface area contributed by atoms with Gasteiger partial charge >= 0.3 is 0 Å². The van der Waals surface area contributed by atoms with Gasteiger partial charge in [0.15, 0.2) is 0 Å². The lowest BCUT2D eigenvalue weighted by molar-refractivity contribution is 0.357. The second kappa shape index (κ2) is 4.82. The van der Waals surface area contributed by atoms with E-state index in [1.165, 1.54) is 0 Å². The van der Waals surface area contributed by atoms with Crippen LogP contribution in [0.1, 0.15) is 12.8 Å². The molecule has 0 aromatic heterocycles. The summed E-state index contributed by atoms with van der Waals surface area (Å²) in [4.78, 5) is 0. The highest BCUT2D eigenvalue weighted by Gasteiger charge is 2.29. The molecule has 2 atom stereocenters. The molecule has 0 radical (unpaired) electrons. The molecule has 0 amide bonds. The van der Waals surface area contributed by atoms with Gasteiger partial charge in [-0.2, -0.15) is 16.8 Å². The summed E-state index contributed by atoms with van der Waals surface area (Å²) in [6, 6.07) is 0. The molecule has 0 aromatic carbocycles. The SMILES string of the molecule is O=S(=O)(O)CC1CC=CCC1CS(=O)(=O)O. The van der Waals surface area contributed by atoms with Gasteiger partial charge in [-0.1, -0.05) is 12.2 Å². The lowest BCUT2D eigenvalue weighted by Gasteiger charge is -2.26. The van der Waals surface area contributed by atoms with Crippen LogP contribution in [-0.2, 0) is 20.2 Å². The molecule has 2 unspecified atom stereocenters. The van der Waals surface area contributed by atoms with Gasteiger partial charge in [0.1, 0.15) is 0 Å². The Bertz CT molecular complexity index is 417. The Hall–Kier alpha value is -0.440. The molecular formula is C8H14O6S2. The second-order valence-electron chi connectivity index (χ2n) is 3.96. The first-order valence-corrected chi connectivity index (χ1v) is 7.94. The van der Waals surface area contributed by atoms with E-state index in [4.69, 9.17) is 9.11 Å². The van der Waals surface area contributed by atoms with Crippen molar-refractivity contribution in [1.29, 1.82) is 0 Å². The molecule has 1 aliphatic rings. The molecule has 0 aromatic rings. The van der Waals surface area contributed by atoms with E-state index in [0.29, 0.717) is 12.8 Å². The fraction of sp³-hybridized carbons (Fsp3) is 0.750. The van der Waals surface area contributed by atoms with Crippen LogP contribution in [0, 0.1) is 11.8 Å². The highest BCUT2D eigenvalue weighted by atomic mass is 32.2. The summed E-state index contributed by atoms with van der Waals surface area (Å²) in [6.45, 7) is 0. The molecule has 0 spiro atoms. The van der Waals surface area contributed by atoms with Gasteiger partial charge in [0.05, 0.1) is 11.5 Å². The van der Waals surface area contributed by atoms with Crippen molar-refractivity contribution < 1.29 is 25.9 Å². The van der Waals surface area contributed by atoms with Crippen molar-refractivity contribution in [1.82, 2.24) is 0 Å². The van der Waals surface area contributed by atoms with Crippen LogP contribution in [-0.4, -0.2) is 37.4 Å². The largest absolute Gasteiger partial charge is 0.286 e. The van der Waals surface area contributed by atoms with Crippen LogP contribution in [0.25, 0.3) is 0 Å². The van der Waals surface area contributed by atoms with Gasteiger partial charge < -0.3 is 0 Å². The number of hydrogen-bond donors (Lipinski definition) is 2. The van der Waals surface area contributed by atoms with Crippen molar-refractivity contribution in [3.05, 3.63) is 12.2 Å². The van der Waals surface area contributed by atoms with Crippen LogP contribution in [0.4, 0.5) is 0 Å². The topological polar surface area (TPSA) is 109 Å². The molecule has 0 bridgehead atoms. The Labute approximate surface area is 94.9 Å². The Balaban J connectivity index is 2.77. The van der Waals surface area contributed by atoms with Gasteiger partial charge in [0.2, 0.25) is 0 Å². The van der Waals surface area contributed by atoms with E-state index in [9.17, 15) is 16.8 Å². The van der Waals surface area contributed by atoms with Gasteiger partial charge in [-0.25, -0.2) is 0 Å². The van der Waals surface area contributed by atoms with Crippen molar-refractivity contribution in [2.45, 2.75) is 12.8 Å². The van der Waals surface area contributed by atoms with Crippen LogP contribution in [0.5, 0.6) is 0 Å². The third-order valence-electron chi connectivity index (χ3n) is 2.56. The van der Waals surface area contributed by atoms with Crippen molar-refractivity contribution in [3.8, 4) is 0 Å². The molecule has 94 valence electrons. The van der Waals surface area contributed by atoms with Gasteiger partial charge in [-0.15, -0.1) is 0 Å². The molecule has 0 fully saturated rings. The van der Waals surface area contributed by atoms with Crippen molar-refractivity contribution in [2.24, 2.45) is 11.8 Å². The van der Waals surface area contributed by atoms with E-state index in [1.54, 1.807) is 12.2 Å². The molecule has 8 heteroatoms. The second-order valence-corrected chi connectivity index (χ2v) is 6.95. The van der Waals surface area contributed by atoms with Crippen molar-refractivity contribution in [3.63, 3.8) is 0 Å². The summed E-state index contributed by atoms with van der Waals surface area (Å²) >= 11 is 0. The Morgan fingerprint density at radius 1 is 0.875 bits per heavy atom. The predicted molar refractivity (Wildman–Crippen MR) is 58.2 cm³/mol. The average molecular weight is 270 g/mol. The summed E-state index contributed by atoms with van der Waals surface area (Å²) in [7, 11) is -8.25. The summed E-state index contributed by atoms with van der Waals surface area (Å²) in [5, 5.41) is 0. The minimum atomic E-state index is -4.12. The van der Waals surface area contributed by atoms with Gasteiger partial charge in [-0.05, 0) is 24.7 Å². The molecule has 1 rings (SSSR count). The number of allylic oxidation sites excluding steroid dienone is 2. The maximum absolute atomic E-state index is 10.7. The normalized spacial score (nSPS) is 26.9. The van der Waals surface area contributed by atoms with Gasteiger partial charge in [0, 0.05) is 0 Å². The minimum Gasteiger partial charge on any atom is -0.286 e. The smallest absolute Gasteiger partial charge is 0.265 e. The molecular weight excluding hydrogens is 256 g/mol. The fourth-order valence-corrected chi connectivity index (χ4v) is 3.77. The van der Waals surface area contributed by atoms with Gasteiger partial charge in [0.25, 0.3) is 20.2 Å². The summed E-state index contributed by atoms with van der Waals surface area (Å²) < 4.78 is 60.4. The van der Waals surface area contributed by atoms with Crippen molar-refractivity contribution >= 4 is 20.2 Å². The first-order chi connectivity index (χ1) is 7.17. The van der Waals surface area contributed by atoms with E-state index in [2.05, 4.69) is 0 Å². The van der Waals surface area contributed by atoms with E-state index >= 15 is 0 Å². The van der Waals surface area contributed by atoms with Crippen LogP contribution >= 0.6 is 0 Å². The zero-order valence-electron chi connectivity index (χ0n) is 8.48. The van der Waals surface area contributed by atoms with Gasteiger partial charge in [-0.3, -0.25) is 9.11 Å². The third kappa shape index (κ3) is 5.06. The quantitative estimate of drug-likeness (QED) is 0.563. The zero-order chi connectivity index (χ0) is 12.4. The van der Waals surface area contributed by atoms with Crippen LogP contribution < -0.4 is 0 Å². The molecule has 0 saturated carbocycles. The fourth-order valence-electron chi connectivity index (χ4n) is 1.88. The first kappa shape index (κ1) is 13.6. The number of rotatable bonds is 4. The van der Waals surface area contributed by atoms with Crippen LogP contribution in [0.3, 0.4) is 0 Å². The molecule has 0 aliphatic heterocycles. The first-order valence-electron chi connectivity index (χ1n) is 4.73. The van der Waals surface area contributed by atoms with Crippen molar-refractivity contribution in [2.75, 3.05) is 11.5 Å². The molecule has 0 saturated heterocycles. The Kier molecular flexibility index (Phi) is 4.11. The van der Waals surface area contributed by atoms with Crippen LogP contribution in [0.2, 0.25) is 0 Å². The van der Waals surface area contributed by atoms with E-state index in [-0.39, 0.29) is 0 Å². The number of hydrogen-bond acceptors (Lipinski definition) is 4. The average Bonchev–Trinajstić information content (AvgIpc) is 2.03.